The lowest BCUT2D eigenvalue weighted by Crippen LogP contribution is -1.84. The predicted octanol–water partition coefficient (Wildman–Crippen LogP) is 5.36. The Bertz CT molecular complexity index is 1040. The lowest BCUT2D eigenvalue weighted by molar-refractivity contribution is 0.620. The van der Waals surface area contributed by atoms with Crippen molar-refractivity contribution < 1.29 is 4.42 Å². The highest BCUT2D eigenvalue weighted by Gasteiger charge is 2.19. The third-order valence-electron chi connectivity index (χ3n) is 5.11. The summed E-state index contributed by atoms with van der Waals surface area (Å²) in [6.45, 7) is 4.22. The molecule has 0 saturated heterocycles. The summed E-state index contributed by atoms with van der Waals surface area (Å²) in [4.78, 5) is 4.75. The van der Waals surface area contributed by atoms with Crippen LogP contribution >= 0.6 is 0 Å². The molecule has 1 aliphatic carbocycles. The third kappa shape index (κ3) is 1.78. The summed E-state index contributed by atoms with van der Waals surface area (Å²) in [6.07, 6.45) is 2.28. The molecule has 1 aromatic heterocycles. The number of hydrogen-bond acceptors (Lipinski definition) is 2. The first-order valence-corrected chi connectivity index (χ1v) is 8.12. The van der Waals surface area contributed by atoms with E-state index in [1.165, 1.54) is 33.0 Å². The van der Waals surface area contributed by atoms with Gasteiger partial charge in [0.15, 0.2) is 5.58 Å². The van der Waals surface area contributed by atoms with Crippen LogP contribution in [0.3, 0.4) is 0 Å². The Labute approximate surface area is 134 Å². The van der Waals surface area contributed by atoms with Gasteiger partial charge in [0.25, 0.3) is 0 Å². The normalized spacial score (nSPS) is 13.3. The van der Waals surface area contributed by atoms with Crippen LogP contribution in [0.4, 0.5) is 0 Å². The molecule has 112 valence electrons. The van der Waals surface area contributed by atoms with Crippen molar-refractivity contribution in [1.29, 1.82) is 0 Å². The number of rotatable bonds is 1. The van der Waals surface area contributed by atoms with Gasteiger partial charge < -0.3 is 4.42 Å². The Kier molecular flexibility index (Phi) is 2.49. The molecule has 0 unspecified atom stereocenters. The highest BCUT2D eigenvalue weighted by molar-refractivity contribution is 6.00. The van der Waals surface area contributed by atoms with Gasteiger partial charge in [-0.1, -0.05) is 24.3 Å². The molecule has 0 saturated carbocycles. The number of aromatic nitrogens is 1. The Balaban J connectivity index is 1.81. The van der Waals surface area contributed by atoms with Gasteiger partial charge in [0.05, 0.1) is 0 Å². The summed E-state index contributed by atoms with van der Waals surface area (Å²) in [5, 5.41) is 2.66. The SMILES string of the molecule is Cc1cc2nc(-c3ccc4c5c(cccc35)CC4)oc2cc1C. The quantitative estimate of drug-likeness (QED) is 0.472. The Morgan fingerprint density at radius 1 is 0.913 bits per heavy atom. The summed E-state index contributed by atoms with van der Waals surface area (Å²) >= 11 is 0. The van der Waals surface area contributed by atoms with Crippen molar-refractivity contribution in [3.05, 3.63) is 64.7 Å². The second kappa shape index (κ2) is 4.45. The predicted molar refractivity (Wildman–Crippen MR) is 93.8 cm³/mol. The van der Waals surface area contributed by atoms with Crippen molar-refractivity contribution >= 4 is 21.9 Å². The number of hydrogen-bond donors (Lipinski definition) is 0. The Morgan fingerprint density at radius 3 is 2.57 bits per heavy atom. The molecule has 1 heterocycles. The number of benzene rings is 3. The highest BCUT2D eigenvalue weighted by Crippen LogP contribution is 2.37. The van der Waals surface area contributed by atoms with Crippen LogP contribution in [0.2, 0.25) is 0 Å². The monoisotopic (exact) mass is 299 g/mol. The standard InChI is InChI=1S/C21H17NO/c1-12-10-18-19(11-13(12)2)23-21(22-18)17-9-8-15-7-6-14-4-3-5-16(17)20(14)15/h3-5,8-11H,6-7H2,1-2H3. The highest BCUT2D eigenvalue weighted by atomic mass is 16.3. The van der Waals surface area contributed by atoms with Gasteiger partial charge in [0.2, 0.25) is 5.89 Å². The summed E-state index contributed by atoms with van der Waals surface area (Å²) in [5.41, 5.74) is 8.28. The van der Waals surface area contributed by atoms with Crippen molar-refractivity contribution in [2.45, 2.75) is 26.7 Å². The van der Waals surface area contributed by atoms with Crippen LogP contribution in [0.15, 0.2) is 46.9 Å². The largest absolute Gasteiger partial charge is 0.436 e. The molecule has 0 N–H and O–H groups in total. The Hall–Kier alpha value is -2.61. The van der Waals surface area contributed by atoms with E-state index in [1.54, 1.807) is 0 Å². The van der Waals surface area contributed by atoms with Crippen LogP contribution in [-0.4, -0.2) is 4.98 Å². The van der Waals surface area contributed by atoms with Gasteiger partial charge in [-0.05, 0) is 77.9 Å². The summed E-state index contributed by atoms with van der Waals surface area (Å²) in [5.74, 6) is 0.723. The molecule has 2 nitrogen and oxygen atoms in total. The first-order valence-electron chi connectivity index (χ1n) is 8.12. The zero-order valence-corrected chi connectivity index (χ0v) is 13.3. The maximum atomic E-state index is 6.09. The van der Waals surface area contributed by atoms with E-state index in [9.17, 15) is 0 Å². The molecule has 0 amide bonds. The number of fused-ring (bicyclic) bond motifs is 1. The molecular weight excluding hydrogens is 282 g/mol. The van der Waals surface area contributed by atoms with Crippen molar-refractivity contribution in [1.82, 2.24) is 4.98 Å². The maximum Gasteiger partial charge on any atom is 0.227 e. The van der Waals surface area contributed by atoms with E-state index >= 15 is 0 Å². The fourth-order valence-corrected chi connectivity index (χ4v) is 3.73. The van der Waals surface area contributed by atoms with E-state index in [-0.39, 0.29) is 0 Å². The summed E-state index contributed by atoms with van der Waals surface area (Å²) < 4.78 is 6.09. The Morgan fingerprint density at radius 2 is 1.70 bits per heavy atom. The number of aryl methyl sites for hydroxylation is 4. The van der Waals surface area contributed by atoms with E-state index in [1.807, 2.05) is 0 Å². The van der Waals surface area contributed by atoms with E-state index in [0.717, 1.165) is 35.4 Å². The van der Waals surface area contributed by atoms with Gasteiger partial charge in [0, 0.05) is 5.56 Å². The van der Waals surface area contributed by atoms with E-state index in [0.29, 0.717) is 0 Å². The van der Waals surface area contributed by atoms with Crippen LogP contribution in [0, 0.1) is 13.8 Å². The number of nitrogens with zero attached hydrogens (tertiary/aromatic N) is 1. The molecule has 0 bridgehead atoms. The second-order valence-corrected chi connectivity index (χ2v) is 6.54. The molecule has 4 aromatic rings. The number of oxazole rings is 1. The van der Waals surface area contributed by atoms with Crippen molar-refractivity contribution in [2.75, 3.05) is 0 Å². The van der Waals surface area contributed by atoms with Crippen LogP contribution in [0.25, 0.3) is 33.3 Å². The fraction of sp³-hybridized carbons (Fsp3) is 0.190. The first kappa shape index (κ1) is 12.9. The van der Waals surface area contributed by atoms with Crippen LogP contribution in [0.1, 0.15) is 22.3 Å². The van der Waals surface area contributed by atoms with Gasteiger partial charge in [0.1, 0.15) is 5.52 Å². The molecule has 1 aliphatic rings. The van der Waals surface area contributed by atoms with E-state index < -0.39 is 0 Å². The van der Waals surface area contributed by atoms with Crippen molar-refractivity contribution in [2.24, 2.45) is 0 Å². The van der Waals surface area contributed by atoms with Gasteiger partial charge >= 0.3 is 0 Å². The fourth-order valence-electron chi connectivity index (χ4n) is 3.73. The molecule has 23 heavy (non-hydrogen) atoms. The molecule has 0 radical (unpaired) electrons. The van der Waals surface area contributed by atoms with Gasteiger partial charge in [-0.3, -0.25) is 0 Å². The lowest BCUT2D eigenvalue weighted by atomic mass is 10.00. The van der Waals surface area contributed by atoms with Gasteiger partial charge in [-0.2, -0.15) is 0 Å². The second-order valence-electron chi connectivity index (χ2n) is 6.54. The van der Waals surface area contributed by atoms with Crippen LogP contribution < -0.4 is 0 Å². The zero-order valence-electron chi connectivity index (χ0n) is 13.3. The minimum atomic E-state index is 0.723. The van der Waals surface area contributed by atoms with Gasteiger partial charge in [-0.25, -0.2) is 4.98 Å². The molecule has 0 aliphatic heterocycles. The van der Waals surface area contributed by atoms with Crippen LogP contribution in [0.5, 0.6) is 0 Å². The van der Waals surface area contributed by atoms with Crippen molar-refractivity contribution in [3.8, 4) is 11.5 Å². The zero-order chi connectivity index (χ0) is 15.6. The van der Waals surface area contributed by atoms with E-state index in [4.69, 9.17) is 9.40 Å². The lowest BCUT2D eigenvalue weighted by Gasteiger charge is -2.05. The smallest absolute Gasteiger partial charge is 0.227 e. The molecular formula is C21H17NO. The van der Waals surface area contributed by atoms with E-state index in [2.05, 4.69) is 56.3 Å². The minimum absolute atomic E-state index is 0.723. The summed E-state index contributed by atoms with van der Waals surface area (Å²) in [7, 11) is 0. The molecule has 3 aromatic carbocycles. The van der Waals surface area contributed by atoms with Crippen molar-refractivity contribution in [3.63, 3.8) is 0 Å². The maximum absolute atomic E-state index is 6.09. The molecule has 2 heteroatoms. The molecule has 0 spiro atoms. The summed E-state index contributed by atoms with van der Waals surface area (Å²) in [6, 6.07) is 15.2. The molecule has 0 fully saturated rings. The third-order valence-corrected chi connectivity index (χ3v) is 5.11. The topological polar surface area (TPSA) is 26.0 Å². The minimum Gasteiger partial charge on any atom is -0.436 e. The molecule has 0 atom stereocenters. The first-order chi connectivity index (χ1) is 11.2. The average Bonchev–Trinajstić information content (AvgIpc) is 3.14. The van der Waals surface area contributed by atoms with Crippen LogP contribution in [-0.2, 0) is 12.8 Å². The average molecular weight is 299 g/mol. The molecule has 5 rings (SSSR count). The van der Waals surface area contributed by atoms with Gasteiger partial charge in [-0.15, -0.1) is 0 Å².